The van der Waals surface area contributed by atoms with E-state index in [9.17, 15) is 4.79 Å². The Hall–Kier alpha value is -3.48. The first-order valence-electron chi connectivity index (χ1n) is 10.8. The van der Waals surface area contributed by atoms with E-state index < -0.39 is 0 Å². The van der Waals surface area contributed by atoms with Crippen LogP contribution in [0.25, 0.3) is 0 Å². The second-order valence-electron chi connectivity index (χ2n) is 7.83. The molecule has 1 fully saturated rings. The highest BCUT2D eigenvalue weighted by atomic mass is 16.2. The van der Waals surface area contributed by atoms with Gasteiger partial charge in [0.05, 0.1) is 0 Å². The smallest absolute Gasteiger partial charge is 0.222 e. The summed E-state index contributed by atoms with van der Waals surface area (Å²) in [5.41, 5.74) is 2.40. The van der Waals surface area contributed by atoms with E-state index in [0.717, 1.165) is 56.2 Å². The minimum Gasteiger partial charge on any atom is -0.352 e. The van der Waals surface area contributed by atoms with E-state index in [0.29, 0.717) is 12.2 Å². The van der Waals surface area contributed by atoms with Gasteiger partial charge in [-0.25, -0.2) is 4.98 Å². The minimum absolute atomic E-state index is 0.242. The molecule has 160 valence electrons. The van der Waals surface area contributed by atoms with Crippen LogP contribution in [-0.2, 0) is 11.2 Å². The van der Waals surface area contributed by atoms with Gasteiger partial charge in [-0.2, -0.15) is 0 Å². The lowest BCUT2D eigenvalue weighted by Crippen LogP contribution is -2.49. The van der Waals surface area contributed by atoms with E-state index in [1.165, 1.54) is 5.56 Å². The van der Waals surface area contributed by atoms with Crippen LogP contribution in [-0.4, -0.2) is 52.2 Å². The number of carbonyl (C=O) groups excluding carboxylic acids is 1. The third kappa shape index (κ3) is 5.78. The number of carbonyl (C=O) groups is 1. The van der Waals surface area contributed by atoms with Gasteiger partial charge in [0.2, 0.25) is 5.91 Å². The summed E-state index contributed by atoms with van der Waals surface area (Å²) in [6.45, 7) is 4.98. The highest BCUT2D eigenvalue weighted by Crippen LogP contribution is 2.17. The van der Waals surface area contributed by atoms with Gasteiger partial charge in [-0.3, -0.25) is 4.79 Å². The molecule has 1 amide bonds. The van der Waals surface area contributed by atoms with Crippen molar-refractivity contribution in [2.75, 3.05) is 36.4 Å². The number of piperazine rings is 1. The first kappa shape index (κ1) is 20.8. The van der Waals surface area contributed by atoms with Crippen LogP contribution in [0.15, 0.2) is 60.8 Å². The molecular formula is C24H28N6O. The fourth-order valence-corrected chi connectivity index (χ4v) is 3.66. The molecule has 1 aromatic carbocycles. The standard InChI is InChI=1S/C24H28N6O/c1-19-10-11-21(25-18-19)26-22-12-13-23(28-27-22)29-14-16-30(17-15-29)24(31)9-5-8-20-6-3-2-4-7-20/h2-4,6-7,10-13,18H,5,8-9,14-17H2,1H3,(H,25,26,27). The Morgan fingerprint density at radius 2 is 1.71 bits per heavy atom. The predicted molar refractivity (Wildman–Crippen MR) is 122 cm³/mol. The van der Waals surface area contributed by atoms with Crippen LogP contribution in [0.1, 0.15) is 24.0 Å². The minimum atomic E-state index is 0.242. The molecule has 0 bridgehead atoms. The summed E-state index contributed by atoms with van der Waals surface area (Å²) in [6.07, 6.45) is 4.24. The first-order valence-corrected chi connectivity index (χ1v) is 10.8. The summed E-state index contributed by atoms with van der Waals surface area (Å²) < 4.78 is 0. The van der Waals surface area contributed by atoms with Crippen LogP contribution in [0.3, 0.4) is 0 Å². The van der Waals surface area contributed by atoms with Gasteiger partial charge in [-0.1, -0.05) is 36.4 Å². The molecule has 1 aliphatic heterocycles. The van der Waals surface area contributed by atoms with Crippen LogP contribution in [0, 0.1) is 6.92 Å². The van der Waals surface area contributed by atoms with E-state index in [4.69, 9.17) is 0 Å². The monoisotopic (exact) mass is 416 g/mol. The van der Waals surface area contributed by atoms with Gasteiger partial charge in [0.25, 0.3) is 0 Å². The molecule has 7 nitrogen and oxygen atoms in total. The SMILES string of the molecule is Cc1ccc(Nc2ccc(N3CCN(C(=O)CCCc4ccccc4)CC3)nn2)nc1. The molecule has 3 aromatic rings. The number of nitrogens with zero attached hydrogens (tertiary/aromatic N) is 5. The molecule has 4 rings (SSSR count). The number of nitrogens with one attached hydrogen (secondary N) is 1. The normalized spacial score (nSPS) is 13.8. The summed E-state index contributed by atoms with van der Waals surface area (Å²) in [6, 6.07) is 18.1. The van der Waals surface area contributed by atoms with Crippen LogP contribution in [0.4, 0.5) is 17.5 Å². The molecule has 2 aromatic heterocycles. The average molecular weight is 417 g/mol. The lowest BCUT2D eigenvalue weighted by Gasteiger charge is -2.35. The highest BCUT2D eigenvalue weighted by Gasteiger charge is 2.21. The Kier molecular flexibility index (Phi) is 6.72. The van der Waals surface area contributed by atoms with Gasteiger partial charge in [0.1, 0.15) is 5.82 Å². The molecule has 1 N–H and O–H groups in total. The summed E-state index contributed by atoms with van der Waals surface area (Å²) in [4.78, 5) is 21.0. The summed E-state index contributed by atoms with van der Waals surface area (Å²) in [5.74, 6) is 2.48. The van der Waals surface area contributed by atoms with Crippen molar-refractivity contribution in [2.45, 2.75) is 26.2 Å². The summed E-state index contributed by atoms with van der Waals surface area (Å²) >= 11 is 0. The maximum Gasteiger partial charge on any atom is 0.222 e. The zero-order chi connectivity index (χ0) is 21.5. The molecule has 1 aliphatic rings. The number of pyridine rings is 1. The lowest BCUT2D eigenvalue weighted by atomic mass is 10.1. The molecule has 7 heteroatoms. The summed E-state index contributed by atoms with van der Waals surface area (Å²) in [5, 5.41) is 11.8. The van der Waals surface area contributed by atoms with Gasteiger partial charge >= 0.3 is 0 Å². The molecular weight excluding hydrogens is 388 g/mol. The molecule has 3 heterocycles. The largest absolute Gasteiger partial charge is 0.352 e. The average Bonchev–Trinajstić information content (AvgIpc) is 2.82. The number of benzene rings is 1. The van der Waals surface area contributed by atoms with Crippen molar-refractivity contribution < 1.29 is 4.79 Å². The molecule has 0 radical (unpaired) electrons. The Labute approximate surface area is 183 Å². The Bertz CT molecular complexity index is 967. The van der Waals surface area contributed by atoms with Crippen molar-refractivity contribution in [1.82, 2.24) is 20.1 Å². The van der Waals surface area contributed by atoms with E-state index >= 15 is 0 Å². The van der Waals surface area contributed by atoms with Crippen LogP contribution in [0.5, 0.6) is 0 Å². The van der Waals surface area contributed by atoms with Crippen molar-refractivity contribution in [3.05, 3.63) is 71.9 Å². The van der Waals surface area contributed by atoms with Crippen molar-refractivity contribution in [1.29, 1.82) is 0 Å². The van der Waals surface area contributed by atoms with E-state index in [1.807, 2.05) is 60.5 Å². The van der Waals surface area contributed by atoms with E-state index in [-0.39, 0.29) is 5.91 Å². The van der Waals surface area contributed by atoms with Crippen LogP contribution >= 0.6 is 0 Å². The number of anilines is 3. The van der Waals surface area contributed by atoms with Gasteiger partial charge in [0.15, 0.2) is 11.6 Å². The zero-order valence-electron chi connectivity index (χ0n) is 17.9. The van der Waals surface area contributed by atoms with Gasteiger partial charge in [0, 0.05) is 38.8 Å². The molecule has 0 aliphatic carbocycles. The fraction of sp³-hybridized carbons (Fsp3) is 0.333. The van der Waals surface area contributed by atoms with Crippen LogP contribution < -0.4 is 10.2 Å². The predicted octanol–water partition coefficient (Wildman–Crippen LogP) is 3.60. The molecule has 0 unspecified atom stereocenters. The maximum atomic E-state index is 12.5. The quantitative estimate of drug-likeness (QED) is 0.634. The van der Waals surface area contributed by atoms with Crippen molar-refractivity contribution in [3.8, 4) is 0 Å². The van der Waals surface area contributed by atoms with E-state index in [1.54, 1.807) is 0 Å². The third-order valence-electron chi connectivity index (χ3n) is 5.47. The molecule has 1 saturated heterocycles. The molecule has 31 heavy (non-hydrogen) atoms. The number of aryl methyl sites for hydroxylation is 2. The number of hydrogen-bond donors (Lipinski definition) is 1. The number of rotatable bonds is 7. The van der Waals surface area contributed by atoms with Gasteiger partial charge in [-0.05, 0) is 49.1 Å². The third-order valence-corrected chi connectivity index (χ3v) is 5.47. The highest BCUT2D eigenvalue weighted by molar-refractivity contribution is 5.76. The van der Waals surface area contributed by atoms with Crippen molar-refractivity contribution in [3.63, 3.8) is 0 Å². The number of amides is 1. The molecule has 0 atom stereocenters. The van der Waals surface area contributed by atoms with Crippen LogP contribution in [0.2, 0.25) is 0 Å². The first-order chi connectivity index (χ1) is 15.2. The fourth-order valence-electron chi connectivity index (χ4n) is 3.66. The lowest BCUT2D eigenvalue weighted by molar-refractivity contribution is -0.131. The second-order valence-corrected chi connectivity index (χ2v) is 7.83. The van der Waals surface area contributed by atoms with Gasteiger partial charge in [-0.15, -0.1) is 10.2 Å². The Morgan fingerprint density at radius 3 is 2.39 bits per heavy atom. The molecule has 0 spiro atoms. The zero-order valence-corrected chi connectivity index (χ0v) is 17.9. The van der Waals surface area contributed by atoms with E-state index in [2.05, 4.69) is 37.5 Å². The summed E-state index contributed by atoms with van der Waals surface area (Å²) in [7, 11) is 0. The number of hydrogen-bond acceptors (Lipinski definition) is 6. The maximum absolute atomic E-state index is 12.5. The molecule has 0 saturated carbocycles. The number of aromatic nitrogens is 3. The van der Waals surface area contributed by atoms with Crippen molar-refractivity contribution >= 4 is 23.4 Å². The van der Waals surface area contributed by atoms with Gasteiger partial charge < -0.3 is 15.1 Å². The van der Waals surface area contributed by atoms with Crippen molar-refractivity contribution in [2.24, 2.45) is 0 Å². The Morgan fingerprint density at radius 1 is 0.935 bits per heavy atom. The Balaban J connectivity index is 1.22. The second kappa shape index (κ2) is 10.0. The topological polar surface area (TPSA) is 74.2 Å².